The van der Waals surface area contributed by atoms with E-state index in [1.165, 1.54) is 0 Å². The third-order valence-electron chi connectivity index (χ3n) is 4.08. The zero-order chi connectivity index (χ0) is 18.7. The molecule has 6 nitrogen and oxygen atoms in total. The summed E-state index contributed by atoms with van der Waals surface area (Å²) >= 11 is 0. The van der Waals surface area contributed by atoms with Gasteiger partial charge in [-0.25, -0.2) is 9.48 Å². The summed E-state index contributed by atoms with van der Waals surface area (Å²) in [5, 5.41) is 13.3. The second-order valence-corrected chi connectivity index (χ2v) is 7.23. The number of amides is 1. The van der Waals surface area contributed by atoms with Gasteiger partial charge in [0.05, 0.1) is 29.6 Å². The van der Waals surface area contributed by atoms with Crippen LogP contribution in [0.5, 0.6) is 0 Å². The summed E-state index contributed by atoms with van der Waals surface area (Å²) in [6.45, 7) is 6.11. The van der Waals surface area contributed by atoms with Crippen molar-refractivity contribution in [2.45, 2.75) is 38.8 Å². The molecule has 0 N–H and O–H groups in total. The van der Waals surface area contributed by atoms with E-state index < -0.39 is 5.60 Å². The fourth-order valence-corrected chi connectivity index (χ4v) is 2.84. The van der Waals surface area contributed by atoms with E-state index in [2.05, 4.69) is 17.2 Å². The van der Waals surface area contributed by atoms with Crippen molar-refractivity contribution in [1.29, 1.82) is 5.26 Å². The Morgan fingerprint density at radius 1 is 1.27 bits per heavy atom. The highest BCUT2D eigenvalue weighted by Gasteiger charge is 2.30. The minimum absolute atomic E-state index is 0.109. The SMILES string of the molecule is CC(C)(C)OC(=O)N1CC=CCC1c1cnn(-c2ccc(C#N)cc2)c1. The molecule has 1 amide bonds. The summed E-state index contributed by atoms with van der Waals surface area (Å²) in [5.74, 6) is 0. The molecule has 1 aromatic heterocycles. The van der Waals surface area contributed by atoms with Crippen molar-refractivity contribution in [3.05, 3.63) is 59.9 Å². The summed E-state index contributed by atoms with van der Waals surface area (Å²) in [5.41, 5.74) is 1.89. The molecule has 26 heavy (non-hydrogen) atoms. The van der Waals surface area contributed by atoms with Crippen molar-refractivity contribution in [3.8, 4) is 11.8 Å². The van der Waals surface area contributed by atoms with Crippen molar-refractivity contribution < 1.29 is 9.53 Å². The third-order valence-corrected chi connectivity index (χ3v) is 4.08. The zero-order valence-electron chi connectivity index (χ0n) is 15.2. The van der Waals surface area contributed by atoms with Gasteiger partial charge in [-0.3, -0.25) is 4.90 Å². The lowest BCUT2D eigenvalue weighted by molar-refractivity contribution is 0.0176. The molecule has 134 valence electrons. The third kappa shape index (κ3) is 3.94. The molecular formula is C20H22N4O2. The number of ether oxygens (including phenoxy) is 1. The highest BCUT2D eigenvalue weighted by atomic mass is 16.6. The maximum Gasteiger partial charge on any atom is 0.411 e. The van der Waals surface area contributed by atoms with E-state index in [1.54, 1.807) is 27.9 Å². The van der Waals surface area contributed by atoms with Crippen LogP contribution in [-0.4, -0.2) is 32.9 Å². The molecule has 0 saturated carbocycles. The van der Waals surface area contributed by atoms with Crippen LogP contribution in [0, 0.1) is 11.3 Å². The number of carbonyl (C=O) groups is 1. The molecule has 1 aliphatic heterocycles. The van der Waals surface area contributed by atoms with Gasteiger partial charge in [-0.1, -0.05) is 12.2 Å². The average molecular weight is 350 g/mol. The van der Waals surface area contributed by atoms with E-state index in [0.717, 1.165) is 17.7 Å². The van der Waals surface area contributed by atoms with Crippen molar-refractivity contribution in [3.63, 3.8) is 0 Å². The number of benzene rings is 1. The minimum atomic E-state index is -0.532. The van der Waals surface area contributed by atoms with Gasteiger partial charge in [0.1, 0.15) is 5.60 Å². The number of rotatable bonds is 2. The Morgan fingerprint density at radius 2 is 2.00 bits per heavy atom. The Labute approximate surface area is 153 Å². The molecule has 1 aromatic carbocycles. The van der Waals surface area contributed by atoms with Crippen LogP contribution in [0.3, 0.4) is 0 Å². The maximum atomic E-state index is 12.6. The lowest BCUT2D eigenvalue weighted by Gasteiger charge is -2.34. The quantitative estimate of drug-likeness (QED) is 0.768. The number of hydrogen-bond donors (Lipinski definition) is 0. The topological polar surface area (TPSA) is 71.2 Å². The summed E-state index contributed by atoms with van der Waals surface area (Å²) in [6.07, 6.45) is 8.15. The smallest absolute Gasteiger partial charge is 0.411 e. The van der Waals surface area contributed by atoms with Gasteiger partial charge in [0.25, 0.3) is 0 Å². The van der Waals surface area contributed by atoms with E-state index in [1.807, 2.05) is 45.2 Å². The molecule has 0 saturated heterocycles. The van der Waals surface area contributed by atoms with Crippen LogP contribution in [0.1, 0.15) is 44.4 Å². The van der Waals surface area contributed by atoms with Gasteiger partial charge in [-0.05, 0) is 51.5 Å². The van der Waals surface area contributed by atoms with Crippen molar-refractivity contribution in [1.82, 2.24) is 14.7 Å². The Balaban J connectivity index is 1.83. The summed E-state index contributed by atoms with van der Waals surface area (Å²) < 4.78 is 7.29. The van der Waals surface area contributed by atoms with Crippen molar-refractivity contribution in [2.24, 2.45) is 0 Å². The van der Waals surface area contributed by atoms with Gasteiger partial charge < -0.3 is 4.74 Å². The number of aromatic nitrogens is 2. The van der Waals surface area contributed by atoms with E-state index >= 15 is 0 Å². The molecule has 6 heteroatoms. The first-order valence-corrected chi connectivity index (χ1v) is 8.57. The molecule has 1 aliphatic rings. The first-order chi connectivity index (χ1) is 12.4. The number of hydrogen-bond acceptors (Lipinski definition) is 4. The van der Waals surface area contributed by atoms with Gasteiger partial charge in [-0.2, -0.15) is 10.4 Å². The lowest BCUT2D eigenvalue weighted by Crippen LogP contribution is -2.40. The van der Waals surface area contributed by atoms with Crippen LogP contribution >= 0.6 is 0 Å². The molecule has 2 heterocycles. The van der Waals surface area contributed by atoms with Crippen LogP contribution in [0.4, 0.5) is 4.79 Å². The van der Waals surface area contributed by atoms with Gasteiger partial charge in [0.2, 0.25) is 0 Å². The molecule has 1 atom stereocenters. The molecule has 0 spiro atoms. The molecule has 0 bridgehead atoms. The highest BCUT2D eigenvalue weighted by molar-refractivity contribution is 5.69. The van der Waals surface area contributed by atoms with E-state index in [4.69, 9.17) is 10.00 Å². The molecule has 1 unspecified atom stereocenters. The molecule has 0 radical (unpaired) electrons. The standard InChI is InChI=1S/C20H22N4O2/c1-20(2,3)26-19(25)23-11-5-4-6-18(23)16-13-22-24(14-16)17-9-7-15(12-21)8-10-17/h4-5,7-10,13-14,18H,6,11H2,1-3H3. The normalized spacial score (nSPS) is 17.0. The molecule has 0 aliphatic carbocycles. The molecule has 3 rings (SSSR count). The van der Waals surface area contributed by atoms with Crippen LogP contribution < -0.4 is 0 Å². The fourth-order valence-electron chi connectivity index (χ4n) is 2.84. The van der Waals surface area contributed by atoms with Crippen LogP contribution in [0.2, 0.25) is 0 Å². The first kappa shape index (κ1) is 17.7. The number of nitrogens with zero attached hydrogens (tertiary/aromatic N) is 4. The predicted octanol–water partition coefficient (Wildman–Crippen LogP) is 3.98. The van der Waals surface area contributed by atoms with E-state index in [0.29, 0.717) is 12.1 Å². The number of carbonyl (C=O) groups excluding carboxylic acids is 1. The Kier molecular flexibility index (Phi) is 4.81. The first-order valence-electron chi connectivity index (χ1n) is 8.57. The summed E-state index contributed by atoms with van der Waals surface area (Å²) in [7, 11) is 0. The minimum Gasteiger partial charge on any atom is -0.444 e. The zero-order valence-corrected chi connectivity index (χ0v) is 15.2. The fraction of sp³-hybridized carbons (Fsp3) is 0.350. The second-order valence-electron chi connectivity index (χ2n) is 7.23. The number of nitriles is 1. The largest absolute Gasteiger partial charge is 0.444 e. The van der Waals surface area contributed by atoms with Crippen molar-refractivity contribution in [2.75, 3.05) is 6.54 Å². The van der Waals surface area contributed by atoms with Crippen LogP contribution in [0.15, 0.2) is 48.8 Å². The van der Waals surface area contributed by atoms with Gasteiger partial charge in [-0.15, -0.1) is 0 Å². The monoisotopic (exact) mass is 350 g/mol. The lowest BCUT2D eigenvalue weighted by atomic mass is 10.0. The van der Waals surface area contributed by atoms with Crippen LogP contribution in [0.25, 0.3) is 5.69 Å². The Bertz CT molecular complexity index is 853. The van der Waals surface area contributed by atoms with Crippen LogP contribution in [-0.2, 0) is 4.74 Å². The van der Waals surface area contributed by atoms with E-state index in [-0.39, 0.29) is 12.1 Å². The van der Waals surface area contributed by atoms with E-state index in [9.17, 15) is 4.79 Å². The second kappa shape index (κ2) is 7.04. The highest BCUT2D eigenvalue weighted by Crippen LogP contribution is 2.29. The summed E-state index contributed by atoms with van der Waals surface area (Å²) in [4.78, 5) is 14.3. The molecular weight excluding hydrogens is 328 g/mol. The summed E-state index contributed by atoms with van der Waals surface area (Å²) in [6, 6.07) is 9.21. The Morgan fingerprint density at radius 3 is 2.65 bits per heavy atom. The van der Waals surface area contributed by atoms with Gasteiger partial charge >= 0.3 is 6.09 Å². The maximum absolute atomic E-state index is 12.6. The van der Waals surface area contributed by atoms with Gasteiger partial charge in [0.15, 0.2) is 0 Å². The van der Waals surface area contributed by atoms with Gasteiger partial charge in [0, 0.05) is 18.3 Å². The predicted molar refractivity (Wildman–Crippen MR) is 97.7 cm³/mol. The average Bonchev–Trinajstić information content (AvgIpc) is 3.10. The molecule has 2 aromatic rings. The molecule has 0 fully saturated rings. The Hall–Kier alpha value is -3.07. The van der Waals surface area contributed by atoms with Crippen molar-refractivity contribution >= 4 is 6.09 Å².